The van der Waals surface area contributed by atoms with E-state index in [0.717, 1.165) is 11.2 Å². The first-order valence-electron chi connectivity index (χ1n) is 5.84. The van der Waals surface area contributed by atoms with Gasteiger partial charge in [0.25, 0.3) is 5.91 Å². The number of carbonyl (C=O) groups excluding carboxylic acids is 1. The van der Waals surface area contributed by atoms with Gasteiger partial charge in [0, 0.05) is 13.1 Å². The number of hydrogen-bond donors (Lipinski definition) is 3. The highest BCUT2D eigenvalue weighted by atomic mass is 16.1. The van der Waals surface area contributed by atoms with Crippen LogP contribution in [0.4, 0.5) is 5.69 Å². The van der Waals surface area contributed by atoms with Crippen LogP contribution in [-0.4, -0.2) is 34.2 Å². The van der Waals surface area contributed by atoms with Gasteiger partial charge in [-0.25, -0.2) is 4.98 Å². The molecule has 2 aromatic heterocycles. The van der Waals surface area contributed by atoms with E-state index < -0.39 is 0 Å². The zero-order chi connectivity index (χ0) is 13.7. The molecule has 98 valence electrons. The van der Waals surface area contributed by atoms with Crippen molar-refractivity contribution in [1.29, 1.82) is 0 Å². The Bertz CT molecular complexity index is 617. The number of H-pyrrole nitrogens is 1. The number of hydrogen-bond acceptors (Lipinski definition) is 4. The normalized spacial score (nSPS) is 10.1. The molecule has 0 unspecified atom stereocenters. The fourth-order valence-electron chi connectivity index (χ4n) is 1.63. The lowest BCUT2D eigenvalue weighted by Crippen LogP contribution is -2.24. The molecule has 0 saturated carbocycles. The molecule has 3 N–H and O–H groups in total. The summed E-state index contributed by atoms with van der Waals surface area (Å²) >= 11 is 0. The molecule has 0 aliphatic rings. The molecular formula is C13H15N5O. The largest absolute Gasteiger partial charge is 0.380 e. The predicted molar refractivity (Wildman–Crippen MR) is 75.1 cm³/mol. The van der Waals surface area contributed by atoms with Crippen LogP contribution in [0.15, 0.2) is 37.6 Å². The van der Waals surface area contributed by atoms with Gasteiger partial charge in [-0.3, -0.25) is 9.89 Å². The van der Waals surface area contributed by atoms with E-state index in [1.807, 2.05) is 0 Å². The number of aromatic amines is 1. The third kappa shape index (κ3) is 2.79. The molecule has 2 aromatic rings. The van der Waals surface area contributed by atoms with Crippen molar-refractivity contribution in [2.45, 2.75) is 0 Å². The monoisotopic (exact) mass is 257 g/mol. The number of carbonyl (C=O) groups is 1. The molecule has 0 fully saturated rings. The van der Waals surface area contributed by atoms with Crippen LogP contribution in [0.3, 0.4) is 0 Å². The summed E-state index contributed by atoms with van der Waals surface area (Å²) in [5, 5.41) is 12.6. The third-order valence-electron chi connectivity index (χ3n) is 2.49. The van der Waals surface area contributed by atoms with Crippen LogP contribution < -0.4 is 10.6 Å². The molecule has 0 aliphatic carbocycles. The number of nitrogens with zero attached hydrogens (tertiary/aromatic N) is 2. The summed E-state index contributed by atoms with van der Waals surface area (Å²) in [5.74, 6) is -0.246. The van der Waals surface area contributed by atoms with Gasteiger partial charge in [0.2, 0.25) is 0 Å². The van der Waals surface area contributed by atoms with Gasteiger partial charge in [-0.05, 0) is 6.07 Å². The minimum Gasteiger partial charge on any atom is -0.380 e. The van der Waals surface area contributed by atoms with Crippen LogP contribution in [0.5, 0.6) is 0 Å². The third-order valence-corrected chi connectivity index (χ3v) is 2.49. The fraction of sp³-hybridized carbons (Fsp3) is 0.154. The second-order valence-electron chi connectivity index (χ2n) is 3.85. The van der Waals surface area contributed by atoms with Gasteiger partial charge in [0.15, 0.2) is 0 Å². The summed E-state index contributed by atoms with van der Waals surface area (Å²) in [6.45, 7) is 8.19. The summed E-state index contributed by atoms with van der Waals surface area (Å²) in [5.41, 5.74) is 2.51. The maximum Gasteiger partial charge on any atom is 0.270 e. The van der Waals surface area contributed by atoms with Gasteiger partial charge in [0.05, 0.1) is 11.9 Å². The zero-order valence-electron chi connectivity index (χ0n) is 10.4. The van der Waals surface area contributed by atoms with Crippen LogP contribution in [0, 0.1) is 0 Å². The van der Waals surface area contributed by atoms with E-state index in [9.17, 15) is 4.79 Å². The number of rotatable bonds is 6. The highest BCUT2D eigenvalue weighted by molar-refractivity contribution is 5.98. The summed E-state index contributed by atoms with van der Waals surface area (Å²) < 4.78 is 0. The highest BCUT2D eigenvalue weighted by Gasteiger charge is 2.12. The van der Waals surface area contributed by atoms with E-state index in [0.29, 0.717) is 24.3 Å². The topological polar surface area (TPSA) is 82.7 Å². The van der Waals surface area contributed by atoms with Crippen LogP contribution in [0.1, 0.15) is 10.5 Å². The van der Waals surface area contributed by atoms with Crippen molar-refractivity contribution in [3.8, 4) is 0 Å². The Balaban J connectivity index is 2.36. The van der Waals surface area contributed by atoms with Crippen LogP contribution in [0.2, 0.25) is 0 Å². The molecule has 0 aliphatic heterocycles. The Kier molecular flexibility index (Phi) is 3.92. The van der Waals surface area contributed by atoms with Crippen molar-refractivity contribution in [2.75, 3.05) is 18.4 Å². The summed E-state index contributed by atoms with van der Waals surface area (Å²) in [6, 6.07) is 1.68. The fourth-order valence-corrected chi connectivity index (χ4v) is 1.63. The number of aromatic nitrogens is 3. The Morgan fingerprint density at radius 3 is 2.89 bits per heavy atom. The minimum absolute atomic E-state index is 0.246. The first kappa shape index (κ1) is 12.8. The Hall–Kier alpha value is -2.63. The average Bonchev–Trinajstić information content (AvgIpc) is 2.90. The maximum atomic E-state index is 11.9. The van der Waals surface area contributed by atoms with Crippen molar-refractivity contribution in [1.82, 2.24) is 20.5 Å². The van der Waals surface area contributed by atoms with E-state index >= 15 is 0 Å². The van der Waals surface area contributed by atoms with Crippen molar-refractivity contribution in [3.63, 3.8) is 0 Å². The quantitative estimate of drug-likeness (QED) is 0.684. The van der Waals surface area contributed by atoms with E-state index in [2.05, 4.69) is 39.0 Å². The molecule has 0 bridgehead atoms. The van der Waals surface area contributed by atoms with Gasteiger partial charge < -0.3 is 10.6 Å². The standard InChI is InChI=1S/C13H15N5O/c1-3-5-14-9-7-10(13(19)15-6-4-2)17-11-8-16-18-12(9)11/h3-4,7-8H,1-2,5-6H2,(H,14,17)(H,15,19)(H,16,18). The first-order chi connectivity index (χ1) is 9.26. The second-order valence-corrected chi connectivity index (χ2v) is 3.85. The average molecular weight is 257 g/mol. The van der Waals surface area contributed by atoms with Crippen LogP contribution in [0.25, 0.3) is 11.0 Å². The Labute approximate surface area is 110 Å². The summed E-state index contributed by atoms with van der Waals surface area (Å²) in [4.78, 5) is 16.1. The second kappa shape index (κ2) is 5.81. The number of pyridine rings is 1. The van der Waals surface area contributed by atoms with Crippen LogP contribution >= 0.6 is 0 Å². The van der Waals surface area contributed by atoms with E-state index in [1.54, 1.807) is 24.4 Å². The lowest BCUT2D eigenvalue weighted by atomic mass is 10.2. The van der Waals surface area contributed by atoms with Crippen molar-refractivity contribution in [2.24, 2.45) is 0 Å². The minimum atomic E-state index is -0.246. The molecule has 1 amide bonds. The maximum absolute atomic E-state index is 11.9. The number of fused-ring (bicyclic) bond motifs is 1. The highest BCUT2D eigenvalue weighted by Crippen LogP contribution is 2.20. The van der Waals surface area contributed by atoms with E-state index in [-0.39, 0.29) is 5.91 Å². The Morgan fingerprint density at radius 1 is 1.37 bits per heavy atom. The first-order valence-corrected chi connectivity index (χ1v) is 5.84. The molecule has 6 heteroatoms. The molecule has 0 radical (unpaired) electrons. The molecular weight excluding hydrogens is 242 g/mol. The Morgan fingerprint density at radius 2 is 2.16 bits per heavy atom. The molecule has 0 atom stereocenters. The summed E-state index contributed by atoms with van der Waals surface area (Å²) in [6.07, 6.45) is 4.93. The number of amides is 1. The van der Waals surface area contributed by atoms with Crippen molar-refractivity contribution < 1.29 is 4.79 Å². The molecule has 19 heavy (non-hydrogen) atoms. The molecule has 2 heterocycles. The van der Waals surface area contributed by atoms with Gasteiger partial charge in [-0.15, -0.1) is 13.2 Å². The molecule has 0 spiro atoms. The van der Waals surface area contributed by atoms with Gasteiger partial charge in [-0.2, -0.15) is 5.10 Å². The molecule has 0 saturated heterocycles. The lowest BCUT2D eigenvalue weighted by Gasteiger charge is -2.07. The number of nitrogens with one attached hydrogen (secondary N) is 3. The van der Waals surface area contributed by atoms with Gasteiger partial charge in [0.1, 0.15) is 16.7 Å². The SMILES string of the molecule is C=CCNC(=O)c1cc(NCC=C)c2[nH]ncc2n1. The van der Waals surface area contributed by atoms with E-state index in [1.165, 1.54) is 0 Å². The van der Waals surface area contributed by atoms with Gasteiger partial charge >= 0.3 is 0 Å². The van der Waals surface area contributed by atoms with Crippen molar-refractivity contribution in [3.05, 3.63) is 43.3 Å². The smallest absolute Gasteiger partial charge is 0.270 e. The predicted octanol–water partition coefficient (Wildman–Crippen LogP) is 1.47. The molecule has 0 aromatic carbocycles. The van der Waals surface area contributed by atoms with Crippen LogP contribution in [-0.2, 0) is 0 Å². The zero-order valence-corrected chi connectivity index (χ0v) is 10.4. The summed E-state index contributed by atoms with van der Waals surface area (Å²) in [7, 11) is 0. The number of anilines is 1. The van der Waals surface area contributed by atoms with E-state index in [4.69, 9.17) is 0 Å². The molecule has 2 rings (SSSR count). The lowest BCUT2D eigenvalue weighted by molar-refractivity contribution is 0.0953. The van der Waals surface area contributed by atoms with Gasteiger partial charge in [-0.1, -0.05) is 12.2 Å². The molecule has 6 nitrogen and oxygen atoms in total. The van der Waals surface area contributed by atoms with Crippen molar-refractivity contribution >= 4 is 22.6 Å².